The van der Waals surface area contributed by atoms with Gasteiger partial charge in [-0.25, -0.2) is 9.78 Å². The smallest absolute Gasteiger partial charge is 0.399 e. The molecule has 3 aromatic rings. The second-order valence-corrected chi connectivity index (χ2v) is 12.8. The number of piperidine rings is 1. The highest BCUT2D eigenvalue weighted by molar-refractivity contribution is 7.11. The fraction of sp³-hybridized carbons (Fsp3) is 0.469. The molecule has 0 bridgehead atoms. The molecule has 1 saturated carbocycles. The number of hydrogen-bond acceptors (Lipinski definition) is 7. The molecule has 0 N–H and O–H groups in total. The summed E-state index contributed by atoms with van der Waals surface area (Å²) in [5, 5.41) is 2.45. The summed E-state index contributed by atoms with van der Waals surface area (Å²) in [6, 6.07) is 15.5. The fourth-order valence-corrected chi connectivity index (χ4v) is 6.27. The van der Waals surface area contributed by atoms with Crippen molar-refractivity contribution in [3.63, 3.8) is 0 Å². The van der Waals surface area contributed by atoms with Crippen LogP contribution in [0.25, 0.3) is 0 Å². The van der Waals surface area contributed by atoms with E-state index in [9.17, 15) is 9.59 Å². The van der Waals surface area contributed by atoms with Crippen LogP contribution in [0.1, 0.15) is 43.6 Å². The minimum atomic E-state index is -0.412. The third-order valence-electron chi connectivity index (χ3n) is 8.27. The molecule has 9 heteroatoms. The number of amides is 2. The molecule has 0 spiro atoms. The van der Waals surface area contributed by atoms with Crippen molar-refractivity contribution in [2.75, 3.05) is 56.2 Å². The zero-order valence-corrected chi connectivity index (χ0v) is 25.4. The third kappa shape index (κ3) is 6.57. The highest BCUT2D eigenvalue weighted by Gasteiger charge is 2.57. The Labute approximate surface area is 246 Å². The summed E-state index contributed by atoms with van der Waals surface area (Å²) in [5.74, 6) is 1.99. The zero-order valence-electron chi connectivity index (χ0n) is 24.6. The van der Waals surface area contributed by atoms with Crippen molar-refractivity contribution in [3.05, 3.63) is 71.2 Å². The highest BCUT2D eigenvalue weighted by Crippen LogP contribution is 2.52. The van der Waals surface area contributed by atoms with Crippen LogP contribution in [0, 0.1) is 17.8 Å². The summed E-state index contributed by atoms with van der Waals surface area (Å²) in [5.41, 5.74) is 2.70. The van der Waals surface area contributed by atoms with E-state index in [1.165, 1.54) is 16.9 Å². The van der Waals surface area contributed by atoms with Crippen LogP contribution in [-0.2, 0) is 10.2 Å². The molecule has 2 atom stereocenters. The molecule has 0 radical (unpaired) electrons. The van der Waals surface area contributed by atoms with Crippen LogP contribution in [0.4, 0.5) is 16.3 Å². The second kappa shape index (κ2) is 12.2. The Morgan fingerprint density at radius 2 is 1.80 bits per heavy atom. The molecule has 2 unspecified atom stereocenters. The van der Waals surface area contributed by atoms with Gasteiger partial charge >= 0.3 is 6.09 Å². The lowest BCUT2D eigenvalue weighted by atomic mass is 9.86. The van der Waals surface area contributed by atoms with E-state index in [0.29, 0.717) is 54.7 Å². The number of carbonyl (C=O) groups excluding carboxylic acids is 2. The van der Waals surface area contributed by atoms with Gasteiger partial charge in [0.05, 0.1) is 18.5 Å². The summed E-state index contributed by atoms with van der Waals surface area (Å²) in [6.07, 6.45) is 1.33. The Kier molecular flexibility index (Phi) is 8.66. The van der Waals surface area contributed by atoms with E-state index in [1.54, 1.807) is 24.3 Å². The summed E-state index contributed by atoms with van der Waals surface area (Å²) in [6.45, 7) is 12.7. The van der Waals surface area contributed by atoms with Gasteiger partial charge in [0, 0.05) is 45.4 Å². The average molecular weight is 577 g/mol. The van der Waals surface area contributed by atoms with Gasteiger partial charge in [-0.2, -0.15) is 0 Å². The van der Waals surface area contributed by atoms with Crippen LogP contribution in [0.5, 0.6) is 5.06 Å². The molecule has 1 aromatic carbocycles. The van der Waals surface area contributed by atoms with E-state index in [-0.39, 0.29) is 11.3 Å². The number of likely N-dealkylation sites (tertiary alicyclic amines) is 1. The lowest BCUT2D eigenvalue weighted by molar-refractivity contribution is 0.0768. The zero-order chi connectivity index (χ0) is 29.1. The largest absolute Gasteiger partial charge is 0.420 e. The SMILES string of the molecule is CCN(CCOC)c1ccc(N(CC2C3CN(C(=O)c4ccc(C(C)(C)C)cc4)CC32)C(=O)Oc2cccs2)cn1. The van der Waals surface area contributed by atoms with Crippen LogP contribution < -0.4 is 14.5 Å². The van der Waals surface area contributed by atoms with Crippen LogP contribution >= 0.6 is 11.3 Å². The first-order valence-corrected chi connectivity index (χ1v) is 15.2. The summed E-state index contributed by atoms with van der Waals surface area (Å²) in [4.78, 5) is 37.0. The first-order chi connectivity index (χ1) is 19.7. The molecule has 218 valence electrons. The Bertz CT molecular complexity index is 1310. The maximum atomic E-state index is 13.4. The number of rotatable bonds is 10. The standard InChI is InChI=1S/C32H40N4O4S/c1-6-34(15-16-39-5)28-14-13-24(18-33-28)36(31(38)40-29-8-7-17-41-29)21-27-25-19-35(20-26(25)27)30(37)22-9-11-23(12-10-22)32(2,3)4/h7-14,17-18,25-27H,6,15-16,19-21H2,1-5H3. The van der Waals surface area contributed by atoms with Gasteiger partial charge in [0.15, 0.2) is 5.06 Å². The van der Waals surface area contributed by atoms with Crippen molar-refractivity contribution in [1.82, 2.24) is 9.88 Å². The monoisotopic (exact) mass is 576 g/mol. The normalized spacial score (nSPS) is 19.5. The van der Waals surface area contributed by atoms with Crippen LogP contribution in [0.15, 0.2) is 60.1 Å². The first kappa shape index (κ1) is 29.1. The van der Waals surface area contributed by atoms with E-state index < -0.39 is 6.09 Å². The number of thiophene rings is 1. The molecule has 2 amide bonds. The van der Waals surface area contributed by atoms with Gasteiger partial charge in [0.2, 0.25) is 0 Å². The Morgan fingerprint density at radius 1 is 1.07 bits per heavy atom. The molecular weight excluding hydrogens is 536 g/mol. The van der Waals surface area contributed by atoms with Crippen molar-refractivity contribution < 1.29 is 19.1 Å². The summed E-state index contributed by atoms with van der Waals surface area (Å²) >= 11 is 1.39. The second-order valence-electron chi connectivity index (χ2n) is 11.9. The molecule has 2 fully saturated rings. The number of nitrogens with zero attached hydrogens (tertiary/aromatic N) is 4. The van der Waals surface area contributed by atoms with Crippen molar-refractivity contribution in [2.45, 2.75) is 33.1 Å². The minimum Gasteiger partial charge on any atom is -0.399 e. The first-order valence-electron chi connectivity index (χ1n) is 14.3. The molecule has 8 nitrogen and oxygen atoms in total. The molecule has 2 aromatic heterocycles. The molecule has 3 heterocycles. The third-order valence-corrected chi connectivity index (χ3v) is 9.01. The molecule has 1 aliphatic heterocycles. The maximum Gasteiger partial charge on any atom is 0.420 e. The van der Waals surface area contributed by atoms with E-state index in [1.807, 2.05) is 40.6 Å². The van der Waals surface area contributed by atoms with Crippen molar-refractivity contribution in [3.8, 4) is 5.06 Å². The number of pyridine rings is 1. The lowest BCUT2D eigenvalue weighted by Crippen LogP contribution is -2.38. The van der Waals surface area contributed by atoms with Gasteiger partial charge in [-0.05, 0) is 77.4 Å². The Morgan fingerprint density at radius 3 is 2.37 bits per heavy atom. The number of anilines is 2. The molecular formula is C32H40N4O4S. The molecule has 1 aliphatic carbocycles. The molecule has 41 heavy (non-hydrogen) atoms. The van der Waals surface area contributed by atoms with Gasteiger partial charge in [0.25, 0.3) is 5.91 Å². The molecule has 2 aliphatic rings. The van der Waals surface area contributed by atoms with Crippen LogP contribution in [0.3, 0.4) is 0 Å². The van der Waals surface area contributed by atoms with Crippen LogP contribution in [-0.4, -0.2) is 68.3 Å². The lowest BCUT2D eigenvalue weighted by Gasteiger charge is -2.26. The van der Waals surface area contributed by atoms with Gasteiger partial charge < -0.3 is 19.3 Å². The van der Waals surface area contributed by atoms with Crippen molar-refractivity contribution >= 4 is 34.8 Å². The summed E-state index contributed by atoms with van der Waals surface area (Å²) in [7, 11) is 1.69. The number of hydrogen-bond donors (Lipinski definition) is 0. The highest BCUT2D eigenvalue weighted by atomic mass is 32.1. The topological polar surface area (TPSA) is 75.2 Å². The number of carbonyl (C=O) groups is 2. The number of ether oxygens (including phenoxy) is 2. The fourth-order valence-electron chi connectivity index (χ4n) is 5.70. The van der Waals surface area contributed by atoms with Gasteiger partial charge in [-0.1, -0.05) is 32.9 Å². The maximum absolute atomic E-state index is 13.4. The van der Waals surface area contributed by atoms with E-state index >= 15 is 0 Å². The van der Waals surface area contributed by atoms with E-state index in [4.69, 9.17) is 9.47 Å². The van der Waals surface area contributed by atoms with E-state index in [0.717, 1.165) is 24.5 Å². The van der Waals surface area contributed by atoms with Gasteiger partial charge in [0.1, 0.15) is 5.82 Å². The number of benzene rings is 1. The average Bonchev–Trinajstić information content (AvgIpc) is 3.32. The number of methoxy groups -OCH3 is 1. The van der Waals surface area contributed by atoms with E-state index in [2.05, 4.69) is 49.7 Å². The van der Waals surface area contributed by atoms with Crippen LogP contribution in [0.2, 0.25) is 0 Å². The number of likely N-dealkylation sites (N-methyl/N-ethyl adjacent to an activating group) is 1. The quantitative estimate of drug-likeness (QED) is 0.298. The molecule has 1 saturated heterocycles. The van der Waals surface area contributed by atoms with Gasteiger partial charge in [-0.15, -0.1) is 11.3 Å². The van der Waals surface area contributed by atoms with Gasteiger partial charge in [-0.3, -0.25) is 9.69 Å². The van der Waals surface area contributed by atoms with Crippen molar-refractivity contribution in [2.24, 2.45) is 17.8 Å². The summed E-state index contributed by atoms with van der Waals surface area (Å²) < 4.78 is 10.9. The number of aromatic nitrogens is 1. The number of fused-ring (bicyclic) bond motifs is 1. The predicted molar refractivity (Wildman–Crippen MR) is 163 cm³/mol. The molecule has 5 rings (SSSR count). The minimum absolute atomic E-state index is 0.0514. The predicted octanol–water partition coefficient (Wildman–Crippen LogP) is 5.94. The Balaban J connectivity index is 1.25. The Hall–Kier alpha value is -3.43. The van der Waals surface area contributed by atoms with Crippen molar-refractivity contribution in [1.29, 1.82) is 0 Å².